The molecule has 0 bridgehead atoms. The van der Waals surface area contributed by atoms with E-state index in [1.54, 1.807) is 22.7 Å². The summed E-state index contributed by atoms with van der Waals surface area (Å²) in [6.45, 7) is 4.22. The topological polar surface area (TPSA) is 50.0 Å². The number of para-hydroxylation sites is 1. The van der Waals surface area contributed by atoms with Gasteiger partial charge in [0, 0.05) is 23.6 Å². The van der Waals surface area contributed by atoms with Crippen molar-refractivity contribution < 1.29 is 4.79 Å². The van der Waals surface area contributed by atoms with Gasteiger partial charge in [-0.05, 0) is 6.07 Å². The van der Waals surface area contributed by atoms with Gasteiger partial charge >= 0.3 is 0 Å². The van der Waals surface area contributed by atoms with Crippen LogP contribution in [0.5, 0.6) is 0 Å². The van der Waals surface area contributed by atoms with Gasteiger partial charge in [-0.2, -0.15) is 5.10 Å². The van der Waals surface area contributed by atoms with Gasteiger partial charge in [-0.3, -0.25) is 9.79 Å². The van der Waals surface area contributed by atoms with Crippen LogP contribution in [-0.2, 0) is 4.79 Å². The molecule has 0 saturated heterocycles. The van der Waals surface area contributed by atoms with Gasteiger partial charge in [0.05, 0.1) is 17.9 Å². The van der Waals surface area contributed by atoms with Crippen molar-refractivity contribution in [3.05, 3.63) is 83.0 Å². The number of rotatable bonds is 4. The summed E-state index contributed by atoms with van der Waals surface area (Å²) in [6.07, 6.45) is 1.74. The molecule has 134 valence electrons. The van der Waals surface area contributed by atoms with Gasteiger partial charge in [0.2, 0.25) is 4.80 Å². The minimum absolute atomic E-state index is 0.122. The minimum atomic E-state index is -0.122. The molecule has 0 fully saturated rings. The number of aromatic nitrogens is 1. The van der Waals surface area contributed by atoms with E-state index in [9.17, 15) is 4.79 Å². The predicted octanol–water partition coefficient (Wildman–Crippen LogP) is 3.53. The summed E-state index contributed by atoms with van der Waals surface area (Å²) in [6, 6.07) is 17.7. The summed E-state index contributed by atoms with van der Waals surface area (Å²) in [5.74, 6) is -0.122. The molecule has 5 nitrogen and oxygen atoms in total. The van der Waals surface area contributed by atoms with Gasteiger partial charge in [0.15, 0.2) is 5.71 Å². The molecule has 0 spiro atoms. The highest BCUT2D eigenvalue weighted by molar-refractivity contribution is 7.07. The fourth-order valence-electron chi connectivity index (χ4n) is 3.00. The van der Waals surface area contributed by atoms with Gasteiger partial charge in [0.1, 0.15) is 0 Å². The van der Waals surface area contributed by atoms with Crippen LogP contribution in [0.4, 0.5) is 5.69 Å². The van der Waals surface area contributed by atoms with Gasteiger partial charge in [-0.1, -0.05) is 54.6 Å². The molecule has 0 aliphatic carbocycles. The highest BCUT2D eigenvalue weighted by Gasteiger charge is 2.31. The van der Waals surface area contributed by atoms with E-state index in [-0.39, 0.29) is 5.91 Å². The van der Waals surface area contributed by atoms with Crippen LogP contribution < -0.4 is 9.70 Å². The Hall–Kier alpha value is -3.25. The standard InChI is InChI=1S/C21H18N4OS/c1-3-13-22-21-25(18(14-27-21)15-9-5-4-6-10-15)23-19-16-11-7-8-12-17(16)24(2)20(19)26/h3-12,14H,1,13H2,2H3. The molecule has 27 heavy (non-hydrogen) atoms. The summed E-state index contributed by atoms with van der Waals surface area (Å²) in [5.41, 5.74) is 4.03. The van der Waals surface area contributed by atoms with E-state index in [0.717, 1.165) is 27.3 Å². The van der Waals surface area contributed by atoms with Crippen molar-refractivity contribution in [1.82, 2.24) is 4.68 Å². The maximum atomic E-state index is 12.8. The van der Waals surface area contributed by atoms with Crippen molar-refractivity contribution in [2.75, 3.05) is 18.5 Å². The molecule has 1 aliphatic rings. The van der Waals surface area contributed by atoms with Crippen molar-refractivity contribution in [1.29, 1.82) is 0 Å². The first-order valence-corrected chi connectivity index (χ1v) is 9.42. The summed E-state index contributed by atoms with van der Waals surface area (Å²) < 4.78 is 1.76. The van der Waals surface area contributed by atoms with Gasteiger partial charge in [-0.25, -0.2) is 4.68 Å². The molecule has 1 aliphatic heterocycles. The number of anilines is 1. The van der Waals surface area contributed by atoms with Gasteiger partial charge < -0.3 is 4.90 Å². The Morgan fingerprint density at radius 1 is 1.11 bits per heavy atom. The number of hydrogen-bond acceptors (Lipinski definition) is 4. The molecule has 0 saturated carbocycles. The Morgan fingerprint density at radius 3 is 2.63 bits per heavy atom. The zero-order valence-electron chi connectivity index (χ0n) is 14.9. The average molecular weight is 374 g/mol. The molecule has 0 radical (unpaired) electrons. The number of carbonyl (C=O) groups excluding carboxylic acids is 1. The molecule has 1 amide bonds. The lowest BCUT2D eigenvalue weighted by Gasteiger charge is -2.07. The molecule has 6 heteroatoms. The molecule has 2 aromatic carbocycles. The second-order valence-electron chi connectivity index (χ2n) is 6.04. The fourth-order valence-corrected chi connectivity index (χ4v) is 3.84. The van der Waals surface area contributed by atoms with Crippen molar-refractivity contribution in [2.45, 2.75) is 0 Å². The average Bonchev–Trinajstić information content (AvgIpc) is 3.22. The number of carbonyl (C=O) groups is 1. The van der Waals surface area contributed by atoms with Crippen LogP contribution in [0.25, 0.3) is 11.3 Å². The van der Waals surface area contributed by atoms with E-state index in [0.29, 0.717) is 12.3 Å². The SMILES string of the molecule is C=CCN=c1scc(-c2ccccc2)n1N=C1C(=O)N(C)c2ccccc21. The molecule has 0 N–H and O–H groups in total. The van der Waals surface area contributed by atoms with Crippen LogP contribution in [0.15, 0.2) is 82.7 Å². The van der Waals surface area contributed by atoms with Crippen LogP contribution in [0.2, 0.25) is 0 Å². The molecule has 4 rings (SSSR count). The molecule has 3 aromatic rings. The molecular weight excluding hydrogens is 356 g/mol. The lowest BCUT2D eigenvalue weighted by atomic mass is 10.1. The largest absolute Gasteiger partial charge is 0.309 e. The number of nitrogens with zero attached hydrogens (tertiary/aromatic N) is 4. The van der Waals surface area contributed by atoms with E-state index in [4.69, 9.17) is 5.10 Å². The number of thiazole rings is 1. The number of hydrogen-bond donors (Lipinski definition) is 0. The van der Waals surface area contributed by atoms with E-state index in [2.05, 4.69) is 11.6 Å². The van der Waals surface area contributed by atoms with Crippen molar-refractivity contribution >= 4 is 28.6 Å². The first kappa shape index (κ1) is 17.2. The van der Waals surface area contributed by atoms with Crippen LogP contribution >= 0.6 is 11.3 Å². The highest BCUT2D eigenvalue weighted by Crippen LogP contribution is 2.28. The quantitative estimate of drug-likeness (QED) is 0.645. The number of likely N-dealkylation sites (N-methyl/N-ethyl adjacent to an activating group) is 1. The van der Waals surface area contributed by atoms with E-state index in [1.165, 1.54) is 11.3 Å². The van der Waals surface area contributed by atoms with Crippen molar-refractivity contribution in [3.63, 3.8) is 0 Å². The van der Waals surface area contributed by atoms with E-state index < -0.39 is 0 Å². The number of amides is 1. The third-order valence-electron chi connectivity index (χ3n) is 4.34. The highest BCUT2D eigenvalue weighted by atomic mass is 32.1. The van der Waals surface area contributed by atoms with Crippen LogP contribution in [0, 0.1) is 0 Å². The van der Waals surface area contributed by atoms with Crippen LogP contribution in [-0.4, -0.2) is 29.9 Å². The number of benzene rings is 2. The Labute approximate surface area is 161 Å². The Morgan fingerprint density at radius 2 is 1.85 bits per heavy atom. The molecule has 0 unspecified atom stereocenters. The Balaban J connectivity index is 1.94. The first-order chi connectivity index (χ1) is 13.2. The van der Waals surface area contributed by atoms with Crippen molar-refractivity contribution in [2.24, 2.45) is 10.1 Å². The maximum Gasteiger partial charge on any atom is 0.279 e. The molecule has 1 aromatic heterocycles. The fraction of sp³-hybridized carbons (Fsp3) is 0.0952. The monoisotopic (exact) mass is 374 g/mol. The van der Waals surface area contributed by atoms with Gasteiger partial charge in [0.25, 0.3) is 5.91 Å². The minimum Gasteiger partial charge on any atom is -0.309 e. The molecule has 0 atom stereocenters. The smallest absolute Gasteiger partial charge is 0.279 e. The first-order valence-electron chi connectivity index (χ1n) is 8.54. The Kier molecular flexibility index (Phi) is 4.56. The zero-order chi connectivity index (χ0) is 18.8. The second kappa shape index (κ2) is 7.17. The lowest BCUT2D eigenvalue weighted by molar-refractivity contribution is -0.112. The van der Waals surface area contributed by atoms with E-state index >= 15 is 0 Å². The van der Waals surface area contributed by atoms with Crippen molar-refractivity contribution in [3.8, 4) is 11.3 Å². The third kappa shape index (κ3) is 3.04. The van der Waals surface area contributed by atoms with Gasteiger partial charge in [-0.15, -0.1) is 17.9 Å². The maximum absolute atomic E-state index is 12.8. The Bertz CT molecular complexity index is 1110. The molecule has 2 heterocycles. The second-order valence-corrected chi connectivity index (χ2v) is 6.88. The summed E-state index contributed by atoms with van der Waals surface area (Å²) in [7, 11) is 1.77. The zero-order valence-corrected chi connectivity index (χ0v) is 15.7. The summed E-state index contributed by atoms with van der Waals surface area (Å²) in [4.78, 5) is 19.7. The normalized spacial score (nSPS) is 15.4. The third-order valence-corrected chi connectivity index (χ3v) is 5.19. The molecular formula is C21H18N4OS. The summed E-state index contributed by atoms with van der Waals surface area (Å²) >= 11 is 1.49. The summed E-state index contributed by atoms with van der Waals surface area (Å²) in [5, 5.41) is 6.75. The van der Waals surface area contributed by atoms with E-state index in [1.807, 2.05) is 60.0 Å². The van der Waals surface area contributed by atoms with Crippen LogP contribution in [0.1, 0.15) is 5.56 Å². The number of fused-ring (bicyclic) bond motifs is 1. The van der Waals surface area contributed by atoms with Crippen LogP contribution in [0.3, 0.4) is 0 Å². The lowest BCUT2D eigenvalue weighted by Crippen LogP contribution is -2.27. The predicted molar refractivity (Wildman–Crippen MR) is 110 cm³/mol.